The Morgan fingerprint density at radius 1 is 1.56 bits per heavy atom. The lowest BCUT2D eigenvalue weighted by molar-refractivity contribution is -0.128. The summed E-state index contributed by atoms with van der Waals surface area (Å²) in [6, 6.07) is 0.249. The van der Waals surface area contributed by atoms with Crippen LogP contribution in [-0.2, 0) is 9.59 Å². The third-order valence-electron chi connectivity index (χ3n) is 3.12. The lowest BCUT2D eigenvalue weighted by Crippen LogP contribution is -2.40. The molecule has 16 heavy (non-hydrogen) atoms. The van der Waals surface area contributed by atoms with Gasteiger partial charge in [0.25, 0.3) is 0 Å². The van der Waals surface area contributed by atoms with Crippen molar-refractivity contribution in [3.63, 3.8) is 0 Å². The number of likely N-dealkylation sites (tertiary alicyclic amines) is 1. The monoisotopic (exact) mass is 247 g/mol. The molecule has 5 nitrogen and oxygen atoms in total. The molecule has 2 N–H and O–H groups in total. The summed E-state index contributed by atoms with van der Waals surface area (Å²) in [5.74, 6) is -0.0517. The number of rotatable bonds is 2. The average Bonchev–Trinajstić information content (AvgIpc) is 2.78. The number of carbonyl (C=O) groups excluding carboxylic acids is 2. The number of amides is 2. The molecule has 6 heteroatoms. The van der Waals surface area contributed by atoms with Gasteiger partial charge in [0.15, 0.2) is 0 Å². The van der Waals surface area contributed by atoms with Crippen molar-refractivity contribution in [3.05, 3.63) is 0 Å². The fraction of sp³-hybridized carbons (Fsp3) is 0.800. The summed E-state index contributed by atoms with van der Waals surface area (Å²) in [5, 5.41) is 6.18. The quantitative estimate of drug-likeness (QED) is 0.683. The molecule has 0 saturated carbocycles. The molecule has 2 heterocycles. The molecular formula is C10H18ClN3O2. The first-order chi connectivity index (χ1) is 7.16. The highest BCUT2D eigenvalue weighted by atomic mass is 35.5. The second-order valence-electron chi connectivity index (χ2n) is 4.37. The van der Waals surface area contributed by atoms with E-state index in [4.69, 9.17) is 0 Å². The maximum absolute atomic E-state index is 11.8. The molecule has 2 amide bonds. The number of hydrogen-bond acceptors (Lipinski definition) is 3. The standard InChI is InChI=1S/C10H17N3O2.ClH/c1-13-6-7(4-9(13)14)10(15)12-8-2-3-11-5-8;/h7-8,11H,2-6H2,1H3,(H,12,15);1H. The molecule has 2 aliphatic heterocycles. The lowest BCUT2D eigenvalue weighted by Gasteiger charge is -2.15. The average molecular weight is 248 g/mol. The first kappa shape index (κ1) is 13.3. The molecule has 2 aliphatic rings. The van der Waals surface area contributed by atoms with Gasteiger partial charge < -0.3 is 15.5 Å². The van der Waals surface area contributed by atoms with Crippen LogP contribution in [0.5, 0.6) is 0 Å². The van der Waals surface area contributed by atoms with Crippen molar-refractivity contribution < 1.29 is 9.59 Å². The smallest absolute Gasteiger partial charge is 0.225 e. The minimum Gasteiger partial charge on any atom is -0.352 e. The van der Waals surface area contributed by atoms with E-state index in [0.717, 1.165) is 19.5 Å². The van der Waals surface area contributed by atoms with E-state index in [9.17, 15) is 9.59 Å². The van der Waals surface area contributed by atoms with Gasteiger partial charge in [0.05, 0.1) is 5.92 Å². The van der Waals surface area contributed by atoms with E-state index in [2.05, 4.69) is 10.6 Å². The van der Waals surface area contributed by atoms with Crippen LogP contribution < -0.4 is 10.6 Å². The van der Waals surface area contributed by atoms with Crippen LogP contribution in [0.3, 0.4) is 0 Å². The predicted molar refractivity (Wildman–Crippen MR) is 62.4 cm³/mol. The summed E-state index contributed by atoms with van der Waals surface area (Å²) < 4.78 is 0. The number of nitrogens with zero attached hydrogens (tertiary/aromatic N) is 1. The van der Waals surface area contributed by atoms with Crippen LogP contribution in [0.2, 0.25) is 0 Å². The van der Waals surface area contributed by atoms with Crippen molar-refractivity contribution in [2.75, 3.05) is 26.7 Å². The third-order valence-corrected chi connectivity index (χ3v) is 3.12. The Labute approximate surface area is 101 Å². The molecule has 2 saturated heterocycles. The second-order valence-corrected chi connectivity index (χ2v) is 4.37. The number of nitrogens with one attached hydrogen (secondary N) is 2. The van der Waals surface area contributed by atoms with Crippen molar-refractivity contribution in [2.45, 2.75) is 18.9 Å². The summed E-state index contributed by atoms with van der Waals surface area (Å²) in [7, 11) is 1.74. The molecule has 0 aromatic heterocycles. The Morgan fingerprint density at radius 3 is 2.81 bits per heavy atom. The van der Waals surface area contributed by atoms with E-state index in [1.54, 1.807) is 11.9 Å². The molecular weight excluding hydrogens is 230 g/mol. The summed E-state index contributed by atoms with van der Waals surface area (Å²) in [5.41, 5.74) is 0. The second kappa shape index (κ2) is 5.50. The number of halogens is 1. The molecule has 92 valence electrons. The minimum absolute atomic E-state index is 0. The van der Waals surface area contributed by atoms with E-state index in [0.29, 0.717) is 13.0 Å². The predicted octanol–water partition coefficient (Wildman–Crippen LogP) is -0.635. The first-order valence-corrected chi connectivity index (χ1v) is 5.42. The van der Waals surface area contributed by atoms with Crippen molar-refractivity contribution in [2.24, 2.45) is 5.92 Å². The van der Waals surface area contributed by atoms with Crippen LogP contribution >= 0.6 is 12.4 Å². The van der Waals surface area contributed by atoms with Gasteiger partial charge in [-0.1, -0.05) is 0 Å². The fourth-order valence-electron chi connectivity index (χ4n) is 2.14. The molecule has 2 unspecified atom stereocenters. The molecule has 0 aromatic rings. The lowest BCUT2D eigenvalue weighted by atomic mass is 10.1. The van der Waals surface area contributed by atoms with Crippen LogP contribution in [0, 0.1) is 5.92 Å². The van der Waals surface area contributed by atoms with Crippen LogP contribution in [-0.4, -0.2) is 49.4 Å². The van der Waals surface area contributed by atoms with Crippen molar-refractivity contribution in [1.29, 1.82) is 0 Å². The largest absolute Gasteiger partial charge is 0.352 e. The highest BCUT2D eigenvalue weighted by molar-refractivity contribution is 5.89. The van der Waals surface area contributed by atoms with Gasteiger partial charge in [0, 0.05) is 32.6 Å². The molecule has 0 radical (unpaired) electrons. The minimum atomic E-state index is -0.150. The highest BCUT2D eigenvalue weighted by Crippen LogP contribution is 2.16. The van der Waals surface area contributed by atoms with Crippen molar-refractivity contribution in [1.82, 2.24) is 15.5 Å². The molecule has 0 aliphatic carbocycles. The number of hydrogen-bond donors (Lipinski definition) is 2. The zero-order chi connectivity index (χ0) is 10.8. The van der Waals surface area contributed by atoms with E-state index < -0.39 is 0 Å². The van der Waals surface area contributed by atoms with Gasteiger partial charge >= 0.3 is 0 Å². The Kier molecular flexibility index (Phi) is 4.56. The van der Waals surface area contributed by atoms with Crippen LogP contribution in [0.25, 0.3) is 0 Å². The number of carbonyl (C=O) groups is 2. The van der Waals surface area contributed by atoms with Gasteiger partial charge in [-0.2, -0.15) is 0 Å². The molecule has 0 aromatic carbocycles. The Bertz CT molecular complexity index is 279. The molecule has 2 fully saturated rings. The van der Waals surface area contributed by atoms with E-state index in [1.807, 2.05) is 0 Å². The maximum atomic E-state index is 11.8. The van der Waals surface area contributed by atoms with Crippen molar-refractivity contribution >= 4 is 24.2 Å². The topological polar surface area (TPSA) is 61.4 Å². The Balaban J connectivity index is 0.00000128. The normalized spacial score (nSPS) is 29.1. The van der Waals surface area contributed by atoms with Gasteiger partial charge in [-0.3, -0.25) is 9.59 Å². The Hall–Kier alpha value is -0.810. The van der Waals surface area contributed by atoms with E-state index >= 15 is 0 Å². The third kappa shape index (κ3) is 2.86. The Morgan fingerprint density at radius 2 is 2.31 bits per heavy atom. The molecule has 2 rings (SSSR count). The van der Waals surface area contributed by atoms with Gasteiger partial charge in [0.2, 0.25) is 11.8 Å². The van der Waals surface area contributed by atoms with Crippen molar-refractivity contribution in [3.8, 4) is 0 Å². The molecule has 2 atom stereocenters. The van der Waals surface area contributed by atoms with E-state index in [1.165, 1.54) is 0 Å². The van der Waals surface area contributed by atoms with Crippen LogP contribution in [0.15, 0.2) is 0 Å². The zero-order valence-corrected chi connectivity index (χ0v) is 10.2. The van der Waals surface area contributed by atoms with Gasteiger partial charge in [0.1, 0.15) is 0 Å². The first-order valence-electron chi connectivity index (χ1n) is 5.42. The molecule has 0 spiro atoms. The van der Waals surface area contributed by atoms with Gasteiger partial charge in [-0.15, -0.1) is 12.4 Å². The fourth-order valence-corrected chi connectivity index (χ4v) is 2.14. The molecule has 0 bridgehead atoms. The highest BCUT2D eigenvalue weighted by Gasteiger charge is 2.33. The summed E-state index contributed by atoms with van der Waals surface area (Å²) in [4.78, 5) is 24.7. The summed E-state index contributed by atoms with van der Waals surface area (Å²) >= 11 is 0. The van der Waals surface area contributed by atoms with E-state index in [-0.39, 0.29) is 36.2 Å². The van der Waals surface area contributed by atoms with Gasteiger partial charge in [-0.25, -0.2) is 0 Å². The van der Waals surface area contributed by atoms with Gasteiger partial charge in [-0.05, 0) is 13.0 Å². The van der Waals surface area contributed by atoms with Crippen LogP contribution in [0.4, 0.5) is 0 Å². The zero-order valence-electron chi connectivity index (χ0n) is 9.36. The van der Waals surface area contributed by atoms with Crippen LogP contribution in [0.1, 0.15) is 12.8 Å². The summed E-state index contributed by atoms with van der Waals surface area (Å²) in [6.45, 7) is 2.38. The maximum Gasteiger partial charge on any atom is 0.225 e. The summed E-state index contributed by atoms with van der Waals surface area (Å²) in [6.07, 6.45) is 1.35. The SMILES string of the molecule is CN1CC(C(=O)NC2CCNC2)CC1=O.Cl.